The summed E-state index contributed by atoms with van der Waals surface area (Å²) in [6, 6.07) is 9.33. The summed E-state index contributed by atoms with van der Waals surface area (Å²) < 4.78 is 26.3. The molecule has 0 aliphatic rings. The lowest BCUT2D eigenvalue weighted by Gasteiger charge is -2.19. The highest BCUT2D eigenvalue weighted by molar-refractivity contribution is 7.89. The SMILES string of the molecule is Cc1ccc(Cl)cc1S(=O)(=O)N(C)CC(=O)Nc1c(Cl)cccc1Cl. The second kappa shape index (κ2) is 7.93. The van der Waals surface area contributed by atoms with Crippen molar-refractivity contribution in [1.29, 1.82) is 0 Å². The number of hydrogen-bond acceptors (Lipinski definition) is 3. The lowest BCUT2D eigenvalue weighted by atomic mass is 10.2. The minimum Gasteiger partial charge on any atom is -0.322 e. The fourth-order valence-electron chi connectivity index (χ4n) is 2.10. The van der Waals surface area contributed by atoms with Crippen molar-refractivity contribution >= 4 is 56.4 Å². The van der Waals surface area contributed by atoms with E-state index in [9.17, 15) is 13.2 Å². The average molecular weight is 422 g/mol. The number of carbonyl (C=O) groups is 1. The maximum atomic E-state index is 12.7. The highest BCUT2D eigenvalue weighted by atomic mass is 35.5. The van der Waals surface area contributed by atoms with Crippen molar-refractivity contribution in [2.24, 2.45) is 0 Å². The lowest BCUT2D eigenvalue weighted by Crippen LogP contribution is -2.35. The average Bonchev–Trinajstić information content (AvgIpc) is 2.53. The van der Waals surface area contributed by atoms with Gasteiger partial charge in [0.05, 0.1) is 27.2 Å². The molecule has 0 spiro atoms. The number of hydrogen-bond donors (Lipinski definition) is 1. The second-order valence-electron chi connectivity index (χ2n) is 5.32. The third kappa shape index (κ3) is 4.65. The normalized spacial score (nSPS) is 11.6. The zero-order valence-corrected chi connectivity index (χ0v) is 16.5. The van der Waals surface area contributed by atoms with E-state index >= 15 is 0 Å². The van der Waals surface area contributed by atoms with Gasteiger partial charge in [0, 0.05) is 12.1 Å². The van der Waals surface area contributed by atoms with Gasteiger partial charge in [0.2, 0.25) is 15.9 Å². The van der Waals surface area contributed by atoms with Gasteiger partial charge >= 0.3 is 0 Å². The molecule has 0 unspecified atom stereocenters. The molecule has 1 amide bonds. The number of nitrogens with one attached hydrogen (secondary N) is 1. The third-order valence-corrected chi connectivity index (χ3v) is 6.24. The van der Waals surface area contributed by atoms with Crippen molar-refractivity contribution in [2.45, 2.75) is 11.8 Å². The quantitative estimate of drug-likeness (QED) is 0.786. The molecule has 2 aromatic rings. The molecule has 0 radical (unpaired) electrons. The summed E-state index contributed by atoms with van der Waals surface area (Å²) in [4.78, 5) is 12.2. The van der Waals surface area contributed by atoms with Crippen LogP contribution in [0.2, 0.25) is 15.1 Å². The molecule has 1 N–H and O–H groups in total. The Balaban J connectivity index is 2.19. The summed E-state index contributed by atoms with van der Waals surface area (Å²) in [5.74, 6) is -0.569. The van der Waals surface area contributed by atoms with Crippen LogP contribution in [0.1, 0.15) is 5.56 Å². The van der Waals surface area contributed by atoms with Crippen molar-refractivity contribution in [1.82, 2.24) is 4.31 Å². The van der Waals surface area contributed by atoms with Gasteiger partial charge < -0.3 is 5.32 Å². The van der Waals surface area contributed by atoms with Crippen molar-refractivity contribution < 1.29 is 13.2 Å². The fraction of sp³-hybridized carbons (Fsp3) is 0.188. The van der Waals surface area contributed by atoms with E-state index in [0.717, 1.165) is 4.31 Å². The van der Waals surface area contributed by atoms with E-state index in [-0.39, 0.29) is 20.6 Å². The summed E-state index contributed by atoms with van der Waals surface area (Å²) in [6.07, 6.45) is 0. The maximum Gasteiger partial charge on any atom is 0.243 e. The van der Waals surface area contributed by atoms with Crippen molar-refractivity contribution in [3.63, 3.8) is 0 Å². The van der Waals surface area contributed by atoms with Gasteiger partial charge in [-0.2, -0.15) is 4.31 Å². The van der Waals surface area contributed by atoms with Crippen LogP contribution in [0, 0.1) is 6.92 Å². The topological polar surface area (TPSA) is 66.5 Å². The van der Waals surface area contributed by atoms with Crippen LogP contribution in [0.5, 0.6) is 0 Å². The van der Waals surface area contributed by atoms with Gasteiger partial charge in [-0.1, -0.05) is 46.9 Å². The number of anilines is 1. The molecular weight excluding hydrogens is 407 g/mol. The molecular formula is C16H15Cl3N2O3S. The Kier molecular flexibility index (Phi) is 6.35. The zero-order chi connectivity index (χ0) is 18.8. The molecule has 9 heteroatoms. The molecule has 5 nitrogen and oxygen atoms in total. The van der Waals surface area contributed by atoms with E-state index in [4.69, 9.17) is 34.8 Å². The van der Waals surface area contributed by atoms with Gasteiger partial charge in [-0.3, -0.25) is 4.79 Å². The fourth-order valence-corrected chi connectivity index (χ4v) is 4.21. The number of rotatable bonds is 5. The molecule has 0 aliphatic carbocycles. The number of likely N-dealkylation sites (N-methyl/N-ethyl adjacent to an activating group) is 1. The van der Waals surface area contributed by atoms with Crippen LogP contribution < -0.4 is 5.32 Å². The van der Waals surface area contributed by atoms with Crippen LogP contribution in [0.3, 0.4) is 0 Å². The zero-order valence-electron chi connectivity index (χ0n) is 13.4. The van der Waals surface area contributed by atoms with E-state index < -0.39 is 22.5 Å². The smallest absolute Gasteiger partial charge is 0.243 e. The van der Waals surface area contributed by atoms with Crippen LogP contribution in [0.4, 0.5) is 5.69 Å². The standard InChI is InChI=1S/C16H15Cl3N2O3S/c1-10-6-7-11(17)8-14(10)25(23,24)21(2)9-15(22)20-16-12(18)4-3-5-13(16)19/h3-8H,9H2,1-2H3,(H,20,22). The Hall–Kier alpha value is -1.31. The minimum absolute atomic E-state index is 0.0473. The summed E-state index contributed by atoms with van der Waals surface area (Å²) in [5, 5.41) is 3.34. The van der Waals surface area contributed by atoms with Gasteiger partial charge in [-0.15, -0.1) is 0 Å². The number of amides is 1. The van der Waals surface area contributed by atoms with Gasteiger partial charge in [-0.25, -0.2) is 8.42 Å². The third-order valence-electron chi connectivity index (χ3n) is 3.43. The first-order valence-corrected chi connectivity index (χ1v) is 9.66. The lowest BCUT2D eigenvalue weighted by molar-refractivity contribution is -0.116. The predicted octanol–water partition coefficient (Wildman–Crippen LogP) is 4.21. The summed E-state index contributed by atoms with van der Waals surface area (Å²) >= 11 is 17.9. The number of carbonyl (C=O) groups excluding carboxylic acids is 1. The molecule has 0 bridgehead atoms. The molecule has 2 aromatic carbocycles. The Morgan fingerprint density at radius 1 is 1.12 bits per heavy atom. The van der Waals surface area contributed by atoms with E-state index in [2.05, 4.69) is 5.32 Å². The number of nitrogens with zero attached hydrogens (tertiary/aromatic N) is 1. The molecule has 0 aromatic heterocycles. The molecule has 25 heavy (non-hydrogen) atoms. The number of benzene rings is 2. The maximum absolute atomic E-state index is 12.7. The van der Waals surface area contributed by atoms with Gasteiger partial charge in [0.25, 0.3) is 0 Å². The molecule has 0 heterocycles. The minimum atomic E-state index is -3.88. The first-order valence-electron chi connectivity index (χ1n) is 7.09. The van der Waals surface area contributed by atoms with Crippen LogP contribution in [-0.2, 0) is 14.8 Å². The van der Waals surface area contributed by atoms with Crippen molar-refractivity contribution in [3.8, 4) is 0 Å². The van der Waals surface area contributed by atoms with Gasteiger partial charge in [0.1, 0.15) is 0 Å². The first kappa shape index (κ1) is 20.0. The number of halogens is 3. The van der Waals surface area contributed by atoms with Crippen LogP contribution >= 0.6 is 34.8 Å². The van der Waals surface area contributed by atoms with Crippen LogP contribution in [-0.4, -0.2) is 32.2 Å². The van der Waals surface area contributed by atoms with E-state index in [1.54, 1.807) is 37.3 Å². The Bertz CT molecular complexity index is 897. The highest BCUT2D eigenvalue weighted by Gasteiger charge is 2.25. The summed E-state index contributed by atoms with van der Waals surface area (Å²) in [7, 11) is -2.57. The molecule has 0 saturated heterocycles. The molecule has 134 valence electrons. The summed E-state index contributed by atoms with van der Waals surface area (Å²) in [6.45, 7) is 1.25. The number of para-hydroxylation sites is 1. The molecule has 0 saturated carbocycles. The Morgan fingerprint density at radius 3 is 2.32 bits per heavy atom. The Morgan fingerprint density at radius 2 is 1.72 bits per heavy atom. The van der Waals surface area contributed by atoms with Crippen LogP contribution in [0.15, 0.2) is 41.3 Å². The first-order chi connectivity index (χ1) is 11.6. The van der Waals surface area contributed by atoms with E-state index in [1.165, 1.54) is 13.1 Å². The number of aryl methyl sites for hydroxylation is 1. The highest BCUT2D eigenvalue weighted by Crippen LogP contribution is 2.30. The van der Waals surface area contributed by atoms with Crippen LogP contribution in [0.25, 0.3) is 0 Å². The molecule has 0 atom stereocenters. The van der Waals surface area contributed by atoms with Crippen molar-refractivity contribution in [3.05, 3.63) is 57.0 Å². The monoisotopic (exact) mass is 420 g/mol. The van der Waals surface area contributed by atoms with Crippen molar-refractivity contribution in [2.75, 3.05) is 18.9 Å². The van der Waals surface area contributed by atoms with E-state index in [0.29, 0.717) is 10.6 Å². The van der Waals surface area contributed by atoms with Gasteiger partial charge in [-0.05, 0) is 36.8 Å². The second-order valence-corrected chi connectivity index (χ2v) is 8.58. The molecule has 0 fully saturated rings. The Labute approximate surface area is 161 Å². The van der Waals surface area contributed by atoms with E-state index in [1.807, 2.05) is 0 Å². The largest absolute Gasteiger partial charge is 0.322 e. The van der Waals surface area contributed by atoms with Gasteiger partial charge in [0.15, 0.2) is 0 Å². The molecule has 2 rings (SSSR count). The number of sulfonamides is 1. The summed E-state index contributed by atoms with van der Waals surface area (Å²) in [5.41, 5.74) is 0.770. The molecule has 0 aliphatic heterocycles. The predicted molar refractivity (Wildman–Crippen MR) is 101 cm³/mol.